The van der Waals surface area contributed by atoms with Gasteiger partial charge in [0.25, 0.3) is 5.69 Å². The lowest BCUT2D eigenvalue weighted by Gasteiger charge is -2.29. The molecule has 5 aromatic rings. The van der Waals surface area contributed by atoms with Crippen LogP contribution in [-0.2, 0) is 0 Å². The molecule has 1 saturated heterocycles. The van der Waals surface area contributed by atoms with Crippen LogP contribution in [0.3, 0.4) is 0 Å². The number of nitrogens with zero attached hydrogens (tertiary/aromatic N) is 4. The molecule has 40 heavy (non-hydrogen) atoms. The Balaban J connectivity index is 1.35. The van der Waals surface area contributed by atoms with Gasteiger partial charge in [0, 0.05) is 51.4 Å². The van der Waals surface area contributed by atoms with Crippen molar-refractivity contribution in [3.05, 3.63) is 137 Å². The van der Waals surface area contributed by atoms with Crippen LogP contribution >= 0.6 is 24.0 Å². The van der Waals surface area contributed by atoms with Crippen LogP contribution in [0, 0.1) is 10.1 Å². The molecule has 2 aromatic heterocycles. The van der Waals surface area contributed by atoms with Gasteiger partial charge in [-0.2, -0.15) is 0 Å². The van der Waals surface area contributed by atoms with Gasteiger partial charge in [0.15, 0.2) is 5.11 Å². The van der Waals surface area contributed by atoms with Gasteiger partial charge in [-0.1, -0.05) is 17.8 Å². The number of nitrogens with one attached hydrogen (secondary N) is 1. The van der Waals surface area contributed by atoms with Gasteiger partial charge in [-0.05, 0) is 97.1 Å². The third-order valence-electron chi connectivity index (χ3n) is 6.71. The Morgan fingerprint density at radius 3 is 2.20 bits per heavy atom. The minimum absolute atomic E-state index is 0.0697. The predicted octanol–water partition coefficient (Wildman–Crippen LogP) is 6.81. The van der Waals surface area contributed by atoms with E-state index >= 15 is 0 Å². The topological polar surface area (TPSA) is 96.5 Å². The molecule has 0 aliphatic carbocycles. The molecule has 198 valence electrons. The Labute approximate surface area is 240 Å². The first kappa shape index (κ1) is 25.6. The van der Waals surface area contributed by atoms with E-state index in [1.165, 1.54) is 23.9 Å². The second-order valence-corrected chi connectivity index (χ2v) is 10.7. The number of pyridine rings is 1. The Hall–Kier alpha value is -4.67. The smallest absolute Gasteiger partial charge is 0.269 e. The summed E-state index contributed by atoms with van der Waals surface area (Å²) in [6.45, 7) is 0. The maximum atomic E-state index is 11.0. The highest BCUT2D eigenvalue weighted by Gasteiger charge is 2.42. The Kier molecular flexibility index (Phi) is 6.93. The normalized spacial score (nSPS) is 16.6. The van der Waals surface area contributed by atoms with Gasteiger partial charge in [0.2, 0.25) is 0 Å². The van der Waals surface area contributed by atoms with Crippen molar-refractivity contribution in [1.29, 1.82) is 0 Å². The van der Waals surface area contributed by atoms with E-state index in [1.807, 2.05) is 66.9 Å². The molecule has 2 N–H and O–H groups in total. The average molecular weight is 566 g/mol. The van der Waals surface area contributed by atoms with Crippen LogP contribution in [-0.4, -0.2) is 24.7 Å². The first-order valence-electron chi connectivity index (χ1n) is 12.5. The molecule has 0 spiro atoms. The van der Waals surface area contributed by atoms with Gasteiger partial charge in [0.05, 0.1) is 16.7 Å². The van der Waals surface area contributed by atoms with Crippen molar-refractivity contribution in [1.82, 2.24) is 14.9 Å². The van der Waals surface area contributed by atoms with Crippen molar-refractivity contribution < 1.29 is 10.0 Å². The molecule has 2 atom stereocenters. The number of aromatic hydroxyl groups is 1. The summed E-state index contributed by atoms with van der Waals surface area (Å²) >= 11 is 7.42. The number of non-ortho nitro benzene ring substituents is 1. The summed E-state index contributed by atoms with van der Waals surface area (Å²) in [5.41, 5.74) is 3.80. The maximum absolute atomic E-state index is 11.0. The van der Waals surface area contributed by atoms with Crippen LogP contribution in [0.15, 0.2) is 125 Å². The molecule has 3 aromatic carbocycles. The van der Waals surface area contributed by atoms with Crippen LogP contribution in [0.1, 0.15) is 23.5 Å². The molecule has 0 unspecified atom stereocenters. The number of nitro benzene ring substituents is 1. The maximum Gasteiger partial charge on any atom is 0.269 e. The van der Waals surface area contributed by atoms with Gasteiger partial charge >= 0.3 is 0 Å². The Bertz CT molecular complexity index is 1660. The highest BCUT2D eigenvalue weighted by atomic mass is 32.2. The van der Waals surface area contributed by atoms with Gasteiger partial charge in [-0.25, -0.2) is 0 Å². The SMILES string of the molecule is O=[N+]([O-])c1ccc(Sc2ccc(N3C(=S)N[C@H](c4ccccn4)[C@H]3c3cccn3-c3ccc(O)cc3)cc2)cc1. The van der Waals surface area contributed by atoms with Crippen LogP contribution < -0.4 is 10.2 Å². The summed E-state index contributed by atoms with van der Waals surface area (Å²) in [4.78, 5) is 19.2. The molecule has 0 amide bonds. The summed E-state index contributed by atoms with van der Waals surface area (Å²) in [5, 5.41) is 24.9. The number of rotatable bonds is 7. The molecule has 0 bridgehead atoms. The summed E-state index contributed by atoms with van der Waals surface area (Å²) in [6, 6.07) is 31.3. The van der Waals surface area contributed by atoms with E-state index in [9.17, 15) is 15.2 Å². The van der Waals surface area contributed by atoms with E-state index in [-0.39, 0.29) is 23.5 Å². The van der Waals surface area contributed by atoms with Gasteiger partial charge < -0.3 is 19.9 Å². The van der Waals surface area contributed by atoms with E-state index < -0.39 is 4.92 Å². The molecule has 0 saturated carbocycles. The molecule has 10 heteroatoms. The van der Waals surface area contributed by atoms with E-state index in [0.29, 0.717) is 5.11 Å². The summed E-state index contributed by atoms with van der Waals surface area (Å²) in [6.07, 6.45) is 3.78. The van der Waals surface area contributed by atoms with Gasteiger partial charge in [0.1, 0.15) is 11.8 Å². The minimum atomic E-state index is -0.400. The molecule has 1 fully saturated rings. The number of phenolic OH excluding ortho intramolecular Hbond substituents is 1. The van der Waals surface area contributed by atoms with Crippen molar-refractivity contribution in [3.63, 3.8) is 0 Å². The zero-order valence-corrected chi connectivity index (χ0v) is 22.6. The van der Waals surface area contributed by atoms with E-state index in [0.717, 1.165) is 32.6 Å². The number of phenols is 1. The lowest BCUT2D eigenvalue weighted by atomic mass is 10.0. The number of aromatic nitrogens is 2. The number of thiocarbonyl (C=S) groups is 1. The van der Waals surface area contributed by atoms with Crippen LogP contribution in [0.25, 0.3) is 5.69 Å². The zero-order valence-electron chi connectivity index (χ0n) is 21.0. The fourth-order valence-corrected chi connectivity index (χ4v) is 6.03. The quantitative estimate of drug-likeness (QED) is 0.126. The lowest BCUT2D eigenvalue weighted by molar-refractivity contribution is -0.384. The number of hydrogen-bond donors (Lipinski definition) is 2. The van der Waals surface area contributed by atoms with E-state index in [2.05, 4.69) is 25.8 Å². The highest BCUT2D eigenvalue weighted by molar-refractivity contribution is 7.99. The van der Waals surface area contributed by atoms with Crippen LogP contribution in [0.5, 0.6) is 5.75 Å². The second kappa shape index (κ2) is 10.8. The first-order chi connectivity index (χ1) is 19.5. The molecule has 1 aliphatic heterocycles. The number of hydrogen-bond acceptors (Lipinski definition) is 6. The molecule has 1 aliphatic rings. The summed E-state index contributed by atoms with van der Waals surface area (Å²) < 4.78 is 2.10. The molecule has 0 radical (unpaired) electrons. The monoisotopic (exact) mass is 565 g/mol. The summed E-state index contributed by atoms with van der Waals surface area (Å²) in [5.74, 6) is 0.209. The zero-order chi connectivity index (χ0) is 27.6. The van der Waals surface area contributed by atoms with E-state index in [4.69, 9.17) is 12.2 Å². The number of anilines is 1. The molecular weight excluding hydrogens is 542 g/mol. The largest absolute Gasteiger partial charge is 0.508 e. The van der Waals surface area contributed by atoms with Crippen molar-refractivity contribution >= 4 is 40.5 Å². The number of nitro groups is 1. The van der Waals surface area contributed by atoms with Crippen molar-refractivity contribution in [3.8, 4) is 11.4 Å². The minimum Gasteiger partial charge on any atom is -0.508 e. The van der Waals surface area contributed by atoms with Gasteiger partial charge in [-0.3, -0.25) is 15.1 Å². The highest BCUT2D eigenvalue weighted by Crippen LogP contribution is 2.43. The molecule has 3 heterocycles. The predicted molar refractivity (Wildman–Crippen MR) is 159 cm³/mol. The fourth-order valence-electron chi connectivity index (χ4n) is 4.86. The lowest BCUT2D eigenvalue weighted by Crippen LogP contribution is -2.30. The average Bonchev–Trinajstić information content (AvgIpc) is 3.59. The summed E-state index contributed by atoms with van der Waals surface area (Å²) in [7, 11) is 0. The van der Waals surface area contributed by atoms with Crippen LogP contribution in [0.2, 0.25) is 0 Å². The third-order valence-corrected chi connectivity index (χ3v) is 8.04. The second-order valence-electron chi connectivity index (χ2n) is 9.16. The standard InChI is InChI=1S/C30H23N5O3S2/c36-23-12-6-20(7-13-23)33-19-3-5-27(33)29-28(26-4-1-2-18-31-26)32-30(39)34(29)21-8-14-24(15-9-21)40-25-16-10-22(11-17-25)35(37)38/h1-19,28-29,36H,(H,32,39)/t28-,29-/m1/s1. The van der Waals surface area contributed by atoms with Crippen molar-refractivity contribution in [2.24, 2.45) is 0 Å². The van der Waals surface area contributed by atoms with Crippen molar-refractivity contribution in [2.75, 3.05) is 4.90 Å². The third kappa shape index (κ3) is 5.02. The van der Waals surface area contributed by atoms with Crippen molar-refractivity contribution in [2.45, 2.75) is 21.9 Å². The first-order valence-corrected chi connectivity index (χ1v) is 13.7. The van der Waals surface area contributed by atoms with Crippen LogP contribution in [0.4, 0.5) is 11.4 Å². The Morgan fingerprint density at radius 2 is 1.55 bits per heavy atom. The van der Waals surface area contributed by atoms with E-state index in [1.54, 1.807) is 30.5 Å². The Morgan fingerprint density at radius 1 is 0.875 bits per heavy atom. The number of benzene rings is 3. The fraction of sp³-hybridized carbons (Fsp3) is 0.0667. The molecule has 8 nitrogen and oxygen atoms in total. The molecule has 6 rings (SSSR count). The molecular formula is C30H23N5O3S2. The van der Waals surface area contributed by atoms with Gasteiger partial charge in [-0.15, -0.1) is 0 Å².